The molecule has 1 unspecified atom stereocenters. The number of methoxy groups -OCH3 is 1. The van der Waals surface area contributed by atoms with E-state index in [4.69, 9.17) is 14.2 Å². The van der Waals surface area contributed by atoms with Crippen LogP contribution in [0.1, 0.15) is 39.5 Å². The van der Waals surface area contributed by atoms with Crippen LogP contribution in [0.3, 0.4) is 0 Å². The van der Waals surface area contributed by atoms with Crippen LogP contribution in [0.15, 0.2) is 4.99 Å². The number of aliphatic imine (C=N–C) groups is 1. The van der Waals surface area contributed by atoms with Gasteiger partial charge in [0.15, 0.2) is 5.96 Å². The number of nitrogens with one attached hydrogen (secondary N) is 2. The molecule has 1 heterocycles. The number of hydrogen-bond acceptors (Lipinski definition) is 5. The van der Waals surface area contributed by atoms with Crippen molar-refractivity contribution >= 4 is 5.96 Å². The lowest BCUT2D eigenvalue weighted by Crippen LogP contribution is -2.53. The van der Waals surface area contributed by atoms with Gasteiger partial charge in [0.2, 0.25) is 0 Å². The van der Waals surface area contributed by atoms with Crippen molar-refractivity contribution in [1.82, 2.24) is 15.5 Å². The van der Waals surface area contributed by atoms with Gasteiger partial charge in [-0.05, 0) is 18.8 Å². The van der Waals surface area contributed by atoms with Crippen molar-refractivity contribution in [2.75, 3.05) is 73.4 Å². The predicted octanol–water partition coefficient (Wildman–Crippen LogP) is 1.73. The van der Waals surface area contributed by atoms with Crippen molar-refractivity contribution in [1.29, 1.82) is 0 Å². The Hall–Kier alpha value is -0.890. The van der Waals surface area contributed by atoms with E-state index in [0.717, 1.165) is 64.8 Å². The molecule has 7 nitrogen and oxygen atoms in total. The minimum Gasteiger partial charge on any atom is -0.382 e. The van der Waals surface area contributed by atoms with Gasteiger partial charge >= 0.3 is 0 Å². The lowest BCUT2D eigenvalue weighted by atomic mass is 9.92. The number of rotatable bonds is 14. The van der Waals surface area contributed by atoms with Crippen LogP contribution >= 0.6 is 0 Å². The Balaban J connectivity index is 2.31. The number of ether oxygens (including phenoxy) is 3. The number of morpholine rings is 1. The maximum Gasteiger partial charge on any atom is 0.191 e. The van der Waals surface area contributed by atoms with Crippen molar-refractivity contribution in [3.05, 3.63) is 0 Å². The van der Waals surface area contributed by atoms with E-state index in [1.54, 1.807) is 7.11 Å². The molecule has 1 aliphatic rings. The molecule has 0 spiro atoms. The summed E-state index contributed by atoms with van der Waals surface area (Å²) < 4.78 is 16.0. The highest BCUT2D eigenvalue weighted by atomic mass is 16.5. The van der Waals surface area contributed by atoms with Gasteiger partial charge in [-0.25, -0.2) is 0 Å². The molecular weight excluding hydrogens is 344 g/mol. The van der Waals surface area contributed by atoms with Crippen LogP contribution in [0.25, 0.3) is 0 Å². The molecule has 0 radical (unpaired) electrons. The number of guanidine groups is 1. The van der Waals surface area contributed by atoms with Gasteiger partial charge in [-0.1, -0.05) is 26.7 Å². The zero-order chi connectivity index (χ0) is 19.7. The van der Waals surface area contributed by atoms with Crippen molar-refractivity contribution in [2.45, 2.75) is 45.6 Å². The van der Waals surface area contributed by atoms with Crippen LogP contribution in [0.2, 0.25) is 0 Å². The van der Waals surface area contributed by atoms with Crippen LogP contribution in [-0.4, -0.2) is 90.3 Å². The Morgan fingerprint density at radius 2 is 1.81 bits per heavy atom. The number of nitrogens with zero attached hydrogens (tertiary/aromatic N) is 2. The van der Waals surface area contributed by atoms with Crippen LogP contribution in [0.4, 0.5) is 0 Å². The molecule has 2 N–H and O–H groups in total. The molecule has 0 aromatic carbocycles. The zero-order valence-corrected chi connectivity index (χ0v) is 18.0. The maximum absolute atomic E-state index is 5.54. The standard InChI is InChI=1S/C20H42N4O3/c1-5-18(6-2)19(24-10-13-27-14-11-24)17-23-20(21-3)22-9-7-8-12-26-16-15-25-4/h18-19H,5-17H2,1-4H3,(H2,21,22,23). The van der Waals surface area contributed by atoms with E-state index in [-0.39, 0.29) is 0 Å². The van der Waals surface area contributed by atoms with Crippen molar-refractivity contribution < 1.29 is 14.2 Å². The van der Waals surface area contributed by atoms with Crippen LogP contribution < -0.4 is 10.6 Å². The minimum atomic E-state index is 0.525. The monoisotopic (exact) mass is 386 g/mol. The van der Waals surface area contributed by atoms with E-state index in [2.05, 4.69) is 34.4 Å². The van der Waals surface area contributed by atoms with Gasteiger partial charge in [0.1, 0.15) is 0 Å². The van der Waals surface area contributed by atoms with Gasteiger partial charge in [0.05, 0.1) is 26.4 Å². The minimum absolute atomic E-state index is 0.525. The Morgan fingerprint density at radius 1 is 1.07 bits per heavy atom. The molecule has 7 heteroatoms. The summed E-state index contributed by atoms with van der Waals surface area (Å²) in [5, 5.41) is 6.96. The SMILES string of the molecule is CCC(CC)C(CNC(=NC)NCCCCOCCOC)N1CCOCC1. The quantitative estimate of drug-likeness (QED) is 0.269. The Kier molecular flexibility index (Phi) is 14.4. The van der Waals surface area contributed by atoms with Crippen molar-refractivity contribution in [3.63, 3.8) is 0 Å². The third kappa shape index (κ3) is 10.3. The summed E-state index contributed by atoms with van der Waals surface area (Å²) >= 11 is 0. The Morgan fingerprint density at radius 3 is 2.44 bits per heavy atom. The van der Waals surface area contributed by atoms with Crippen molar-refractivity contribution in [3.8, 4) is 0 Å². The van der Waals surface area contributed by atoms with E-state index in [0.29, 0.717) is 25.2 Å². The van der Waals surface area contributed by atoms with E-state index < -0.39 is 0 Å². The summed E-state index contributed by atoms with van der Waals surface area (Å²) in [6, 6.07) is 0.525. The molecule has 1 fully saturated rings. The molecule has 0 aliphatic carbocycles. The highest BCUT2D eigenvalue weighted by Crippen LogP contribution is 2.19. The molecule has 0 saturated carbocycles. The van der Waals surface area contributed by atoms with Crippen molar-refractivity contribution in [2.24, 2.45) is 10.9 Å². The maximum atomic E-state index is 5.54. The summed E-state index contributed by atoms with van der Waals surface area (Å²) in [6.07, 6.45) is 4.51. The summed E-state index contributed by atoms with van der Waals surface area (Å²) in [7, 11) is 3.53. The second-order valence-corrected chi connectivity index (χ2v) is 6.98. The van der Waals surface area contributed by atoms with Gasteiger partial charge in [-0.15, -0.1) is 0 Å². The average molecular weight is 387 g/mol. The largest absolute Gasteiger partial charge is 0.382 e. The Bertz CT molecular complexity index is 372. The second-order valence-electron chi connectivity index (χ2n) is 6.98. The highest BCUT2D eigenvalue weighted by Gasteiger charge is 2.26. The summed E-state index contributed by atoms with van der Waals surface area (Å²) in [5.74, 6) is 1.58. The smallest absolute Gasteiger partial charge is 0.191 e. The molecule has 27 heavy (non-hydrogen) atoms. The summed E-state index contributed by atoms with van der Waals surface area (Å²) in [4.78, 5) is 6.96. The summed E-state index contributed by atoms with van der Waals surface area (Å²) in [5.41, 5.74) is 0. The zero-order valence-electron chi connectivity index (χ0n) is 18.0. The van der Waals surface area contributed by atoms with Crippen LogP contribution in [-0.2, 0) is 14.2 Å². The first-order chi connectivity index (χ1) is 13.3. The molecular formula is C20H42N4O3. The number of hydrogen-bond donors (Lipinski definition) is 2. The third-order valence-corrected chi connectivity index (χ3v) is 5.25. The average Bonchev–Trinajstić information content (AvgIpc) is 2.72. The van der Waals surface area contributed by atoms with Gasteiger partial charge in [0, 0.05) is 53.0 Å². The van der Waals surface area contributed by atoms with Gasteiger partial charge in [-0.3, -0.25) is 9.89 Å². The van der Waals surface area contributed by atoms with Gasteiger partial charge < -0.3 is 24.8 Å². The van der Waals surface area contributed by atoms with E-state index in [1.165, 1.54) is 12.8 Å². The lowest BCUT2D eigenvalue weighted by Gasteiger charge is -2.39. The van der Waals surface area contributed by atoms with Crippen LogP contribution in [0, 0.1) is 5.92 Å². The highest BCUT2D eigenvalue weighted by molar-refractivity contribution is 5.79. The second kappa shape index (κ2) is 16.1. The summed E-state index contributed by atoms with van der Waals surface area (Å²) in [6.45, 7) is 12.3. The topological polar surface area (TPSA) is 67.4 Å². The fraction of sp³-hybridized carbons (Fsp3) is 0.950. The third-order valence-electron chi connectivity index (χ3n) is 5.25. The molecule has 1 atom stereocenters. The molecule has 0 amide bonds. The fourth-order valence-electron chi connectivity index (χ4n) is 3.54. The Labute approximate surface area is 166 Å². The van der Waals surface area contributed by atoms with Gasteiger partial charge in [0.25, 0.3) is 0 Å². The lowest BCUT2D eigenvalue weighted by molar-refractivity contribution is 0.00272. The first-order valence-electron chi connectivity index (χ1n) is 10.6. The van der Waals surface area contributed by atoms with Gasteiger partial charge in [-0.2, -0.15) is 0 Å². The molecule has 1 saturated heterocycles. The number of unbranched alkanes of at least 4 members (excludes halogenated alkanes) is 1. The van der Waals surface area contributed by atoms with E-state index in [1.807, 2.05) is 7.05 Å². The molecule has 0 aromatic rings. The van der Waals surface area contributed by atoms with E-state index >= 15 is 0 Å². The molecule has 160 valence electrons. The predicted molar refractivity (Wildman–Crippen MR) is 112 cm³/mol. The molecule has 0 aromatic heterocycles. The van der Waals surface area contributed by atoms with Crippen LogP contribution in [0.5, 0.6) is 0 Å². The molecule has 1 rings (SSSR count). The first kappa shape index (κ1) is 24.1. The normalized spacial score (nSPS) is 17.3. The molecule has 1 aliphatic heterocycles. The first-order valence-corrected chi connectivity index (χ1v) is 10.6. The van der Waals surface area contributed by atoms with E-state index in [9.17, 15) is 0 Å². The molecule has 0 bridgehead atoms. The fourth-order valence-corrected chi connectivity index (χ4v) is 3.54.